The van der Waals surface area contributed by atoms with Gasteiger partial charge in [-0.2, -0.15) is 11.8 Å². The molecule has 2 unspecified atom stereocenters. The van der Waals surface area contributed by atoms with Crippen molar-refractivity contribution < 1.29 is 0 Å². The van der Waals surface area contributed by atoms with Gasteiger partial charge in [0.2, 0.25) is 0 Å². The van der Waals surface area contributed by atoms with Gasteiger partial charge in [-0.05, 0) is 24.5 Å². The molecule has 0 spiro atoms. The highest BCUT2D eigenvalue weighted by Gasteiger charge is 2.31. The van der Waals surface area contributed by atoms with Gasteiger partial charge in [-0.1, -0.05) is 6.92 Å². The van der Waals surface area contributed by atoms with Crippen molar-refractivity contribution in [2.75, 3.05) is 18.1 Å². The van der Waals surface area contributed by atoms with E-state index in [0.717, 1.165) is 24.7 Å². The zero-order chi connectivity index (χ0) is 9.26. The fourth-order valence-corrected chi connectivity index (χ4v) is 3.75. The molecule has 0 aromatic heterocycles. The molecule has 3 heteroatoms. The molecule has 1 N–H and O–H groups in total. The van der Waals surface area contributed by atoms with Crippen LogP contribution in [-0.4, -0.2) is 34.8 Å². The monoisotopic (exact) mass is 198 g/mol. The maximum absolute atomic E-state index is 7.92. The number of rotatable bonds is 1. The maximum Gasteiger partial charge on any atom is 0.0960 e. The van der Waals surface area contributed by atoms with Crippen LogP contribution < -0.4 is 0 Å². The van der Waals surface area contributed by atoms with Crippen molar-refractivity contribution in [3.63, 3.8) is 0 Å². The lowest BCUT2D eigenvalue weighted by molar-refractivity contribution is 0.257. The van der Waals surface area contributed by atoms with Crippen molar-refractivity contribution >= 4 is 17.6 Å². The van der Waals surface area contributed by atoms with E-state index >= 15 is 0 Å². The zero-order valence-corrected chi connectivity index (χ0v) is 9.07. The Hall–Kier alpha value is -0.180. The maximum atomic E-state index is 7.92. The van der Waals surface area contributed by atoms with Crippen LogP contribution in [0.1, 0.15) is 26.2 Å². The van der Waals surface area contributed by atoms with Gasteiger partial charge in [0.05, 0.1) is 5.84 Å². The Morgan fingerprint density at radius 1 is 1.38 bits per heavy atom. The minimum atomic E-state index is 0.665. The van der Waals surface area contributed by atoms with Gasteiger partial charge in [-0.3, -0.25) is 5.41 Å². The summed E-state index contributed by atoms with van der Waals surface area (Å²) in [6.07, 6.45) is 3.52. The number of piperidine rings is 1. The van der Waals surface area contributed by atoms with E-state index in [-0.39, 0.29) is 0 Å². The first-order valence-electron chi connectivity index (χ1n) is 5.21. The molecule has 2 nitrogen and oxygen atoms in total. The Bertz CT molecular complexity index is 205. The molecule has 0 amide bonds. The van der Waals surface area contributed by atoms with E-state index in [1.807, 2.05) is 11.8 Å². The van der Waals surface area contributed by atoms with Gasteiger partial charge in [0.1, 0.15) is 0 Å². The van der Waals surface area contributed by atoms with Gasteiger partial charge in [-0.15, -0.1) is 0 Å². The van der Waals surface area contributed by atoms with Crippen molar-refractivity contribution in [3.8, 4) is 0 Å². The predicted molar refractivity (Wildman–Crippen MR) is 58.6 cm³/mol. The number of likely N-dealkylation sites (tertiary alicyclic amines) is 1. The molecule has 2 atom stereocenters. The first-order valence-corrected chi connectivity index (χ1v) is 6.36. The van der Waals surface area contributed by atoms with Crippen LogP contribution in [0.15, 0.2) is 0 Å². The summed E-state index contributed by atoms with van der Waals surface area (Å²) in [7, 11) is 0. The molecule has 2 aliphatic rings. The molecule has 0 bridgehead atoms. The molecule has 2 rings (SSSR count). The first kappa shape index (κ1) is 9.38. The van der Waals surface area contributed by atoms with E-state index in [9.17, 15) is 0 Å². The van der Waals surface area contributed by atoms with Crippen molar-refractivity contribution in [1.29, 1.82) is 5.41 Å². The molecule has 0 aromatic carbocycles. The van der Waals surface area contributed by atoms with Crippen LogP contribution in [0.3, 0.4) is 0 Å². The molecular weight excluding hydrogens is 180 g/mol. The minimum absolute atomic E-state index is 0.665. The zero-order valence-electron chi connectivity index (χ0n) is 8.25. The summed E-state index contributed by atoms with van der Waals surface area (Å²) in [5.74, 6) is 4.20. The van der Waals surface area contributed by atoms with Crippen LogP contribution in [0, 0.1) is 11.3 Å². The normalized spacial score (nSPS) is 35.5. The summed E-state index contributed by atoms with van der Waals surface area (Å²) in [5, 5.41) is 7.92. The molecular formula is C10H18N2S. The summed E-state index contributed by atoms with van der Waals surface area (Å²) in [4.78, 5) is 2.36. The lowest BCUT2D eigenvalue weighted by atomic mass is 10.0. The molecule has 13 heavy (non-hydrogen) atoms. The highest BCUT2D eigenvalue weighted by atomic mass is 32.2. The van der Waals surface area contributed by atoms with Gasteiger partial charge in [-0.25, -0.2) is 0 Å². The molecule has 0 aliphatic carbocycles. The third-order valence-corrected chi connectivity index (χ3v) is 4.47. The van der Waals surface area contributed by atoms with Gasteiger partial charge in [0.25, 0.3) is 0 Å². The van der Waals surface area contributed by atoms with E-state index in [2.05, 4.69) is 11.8 Å². The Morgan fingerprint density at radius 2 is 2.23 bits per heavy atom. The topological polar surface area (TPSA) is 27.1 Å². The summed E-state index contributed by atoms with van der Waals surface area (Å²) in [6, 6.07) is 0.665. The Morgan fingerprint density at radius 3 is 2.85 bits per heavy atom. The summed E-state index contributed by atoms with van der Waals surface area (Å²) >= 11 is 2.05. The second kappa shape index (κ2) is 3.91. The van der Waals surface area contributed by atoms with Crippen molar-refractivity contribution in [2.45, 2.75) is 32.2 Å². The summed E-state index contributed by atoms with van der Waals surface area (Å²) in [6.45, 7) is 3.46. The predicted octanol–water partition coefficient (Wildman–Crippen LogP) is 2.20. The Balaban J connectivity index is 2.01. The standard InChI is InChI=1S/C10H18N2S/c1-8-6-13-7-9(8)12-5-3-2-4-10(12)11/h8-9,11H,2-7H2,1H3. The minimum Gasteiger partial charge on any atom is -0.356 e. The van der Waals surface area contributed by atoms with E-state index in [4.69, 9.17) is 5.41 Å². The van der Waals surface area contributed by atoms with E-state index < -0.39 is 0 Å². The summed E-state index contributed by atoms with van der Waals surface area (Å²) in [5.41, 5.74) is 0. The largest absolute Gasteiger partial charge is 0.356 e. The highest BCUT2D eigenvalue weighted by molar-refractivity contribution is 7.99. The average Bonchev–Trinajstić information content (AvgIpc) is 2.52. The number of thioether (sulfide) groups is 1. The van der Waals surface area contributed by atoms with Crippen LogP contribution >= 0.6 is 11.8 Å². The molecule has 2 aliphatic heterocycles. The lowest BCUT2D eigenvalue weighted by Gasteiger charge is -2.36. The number of nitrogens with zero attached hydrogens (tertiary/aromatic N) is 1. The Labute approximate surface area is 84.6 Å². The van der Waals surface area contributed by atoms with E-state index in [1.165, 1.54) is 24.3 Å². The van der Waals surface area contributed by atoms with Crippen molar-refractivity contribution in [2.24, 2.45) is 5.92 Å². The molecule has 0 aromatic rings. The third kappa shape index (κ3) is 1.85. The molecule has 2 heterocycles. The van der Waals surface area contributed by atoms with Gasteiger partial charge in [0.15, 0.2) is 0 Å². The fourth-order valence-electron chi connectivity index (χ4n) is 2.27. The van der Waals surface area contributed by atoms with Gasteiger partial charge < -0.3 is 4.90 Å². The van der Waals surface area contributed by atoms with Gasteiger partial charge >= 0.3 is 0 Å². The van der Waals surface area contributed by atoms with Crippen LogP contribution in [0.5, 0.6) is 0 Å². The number of hydrogen-bond donors (Lipinski definition) is 1. The number of amidine groups is 1. The van der Waals surface area contributed by atoms with E-state index in [1.54, 1.807) is 0 Å². The second-order valence-electron chi connectivity index (χ2n) is 4.18. The van der Waals surface area contributed by atoms with Crippen LogP contribution in [-0.2, 0) is 0 Å². The number of nitrogens with one attached hydrogen (secondary N) is 1. The molecule has 0 radical (unpaired) electrons. The molecule has 2 fully saturated rings. The summed E-state index contributed by atoms with van der Waals surface area (Å²) < 4.78 is 0. The van der Waals surface area contributed by atoms with Gasteiger partial charge in [0, 0.05) is 24.8 Å². The number of hydrogen-bond acceptors (Lipinski definition) is 2. The highest BCUT2D eigenvalue weighted by Crippen LogP contribution is 2.30. The quantitative estimate of drug-likeness (QED) is 0.699. The SMILES string of the molecule is CC1CSCC1N1CCCCC1=N. The Kier molecular flexibility index (Phi) is 2.82. The first-order chi connectivity index (χ1) is 6.29. The van der Waals surface area contributed by atoms with Crippen molar-refractivity contribution in [3.05, 3.63) is 0 Å². The van der Waals surface area contributed by atoms with Crippen molar-refractivity contribution in [1.82, 2.24) is 4.90 Å². The average molecular weight is 198 g/mol. The third-order valence-electron chi connectivity index (χ3n) is 3.14. The fraction of sp³-hybridized carbons (Fsp3) is 0.900. The second-order valence-corrected chi connectivity index (χ2v) is 5.25. The smallest absolute Gasteiger partial charge is 0.0960 e. The molecule has 0 saturated carbocycles. The van der Waals surface area contributed by atoms with Crippen LogP contribution in [0.25, 0.3) is 0 Å². The molecule has 74 valence electrons. The lowest BCUT2D eigenvalue weighted by Crippen LogP contribution is -2.45. The van der Waals surface area contributed by atoms with Crippen LogP contribution in [0.4, 0.5) is 0 Å². The molecule has 2 saturated heterocycles. The van der Waals surface area contributed by atoms with E-state index in [0.29, 0.717) is 6.04 Å². The van der Waals surface area contributed by atoms with Crippen LogP contribution in [0.2, 0.25) is 0 Å².